The molecule has 2 nitrogen and oxygen atoms in total. The zero-order valence-corrected chi connectivity index (χ0v) is 4.77. The molecule has 0 aliphatic carbocycles. The van der Waals surface area contributed by atoms with Crippen LogP contribution >= 0.6 is 0 Å². The molecule has 0 aromatic heterocycles. The fraction of sp³-hybridized carbons (Fsp3) is 0.400. The van der Waals surface area contributed by atoms with Gasteiger partial charge in [0.1, 0.15) is 0 Å². The summed E-state index contributed by atoms with van der Waals surface area (Å²) in [6, 6.07) is 0. The van der Waals surface area contributed by atoms with Crippen molar-refractivity contribution in [2.75, 3.05) is 0 Å². The third kappa shape index (κ3) is 3.64. The average Bonchev–Trinajstić information content (AvgIpc) is 1.63. The smallest absolute Gasteiger partial charge is 0.328 e. The van der Waals surface area contributed by atoms with Crippen molar-refractivity contribution in [2.45, 2.75) is 13.3 Å². The molecule has 0 aromatic carbocycles. The first-order chi connectivity index (χ1) is 4.04. The summed E-state index contributed by atoms with van der Waals surface area (Å²) in [7, 11) is 0. The van der Waals surface area contributed by atoms with E-state index in [1.54, 1.807) is 0 Å². The molecule has 0 radical (unpaired) electrons. The minimum absolute atomic E-state index is 0.428. The van der Waals surface area contributed by atoms with Crippen LogP contribution in [0.1, 0.15) is 6.92 Å². The van der Waals surface area contributed by atoms with Crippen LogP contribution in [0.5, 0.6) is 0 Å². The van der Waals surface area contributed by atoms with Gasteiger partial charge in [-0.25, -0.2) is 13.6 Å². The maximum absolute atomic E-state index is 11.5. The highest BCUT2D eigenvalue weighted by Crippen LogP contribution is 2.05. The van der Waals surface area contributed by atoms with Gasteiger partial charge in [-0.1, -0.05) is 0 Å². The maximum Gasteiger partial charge on any atom is 0.328 e. The maximum atomic E-state index is 11.5. The quantitative estimate of drug-likeness (QED) is 0.580. The Labute approximate surface area is 50.8 Å². The summed E-state index contributed by atoms with van der Waals surface area (Å²) in [6.45, 7) is 1.07. The number of halogens is 2. The van der Waals surface area contributed by atoms with E-state index in [-0.39, 0.29) is 0 Å². The number of allylic oxidation sites excluding steroid dienone is 1. The van der Waals surface area contributed by atoms with Crippen LogP contribution in [-0.4, -0.2) is 17.5 Å². The summed E-state index contributed by atoms with van der Waals surface area (Å²) in [4.78, 5) is 9.70. The Morgan fingerprint density at radius 1 is 1.67 bits per heavy atom. The van der Waals surface area contributed by atoms with Crippen LogP contribution in [0.4, 0.5) is 8.78 Å². The number of rotatable bonds is 2. The minimum Gasteiger partial charge on any atom is -0.478 e. The van der Waals surface area contributed by atoms with Crippen LogP contribution in [0, 0.1) is 0 Å². The van der Waals surface area contributed by atoms with Gasteiger partial charge in [0.2, 0.25) is 0 Å². The highest BCUT2D eigenvalue weighted by Gasteiger charge is 2.05. The molecule has 0 aromatic rings. The lowest BCUT2D eigenvalue weighted by Crippen LogP contribution is -1.96. The van der Waals surface area contributed by atoms with Gasteiger partial charge in [0.15, 0.2) is 0 Å². The van der Waals surface area contributed by atoms with Crippen LogP contribution in [0.2, 0.25) is 0 Å². The lowest BCUT2D eigenvalue weighted by atomic mass is 10.3. The Bertz CT molecular complexity index is 140. The largest absolute Gasteiger partial charge is 0.478 e. The van der Waals surface area contributed by atoms with Crippen LogP contribution in [0.15, 0.2) is 11.6 Å². The van der Waals surface area contributed by atoms with Crippen LogP contribution in [0.3, 0.4) is 0 Å². The first-order valence-corrected chi connectivity index (χ1v) is 2.23. The average molecular weight is 136 g/mol. The SMILES string of the molecule is CC(=CC(=O)O)C(F)F. The van der Waals surface area contributed by atoms with Crippen molar-refractivity contribution in [1.29, 1.82) is 0 Å². The highest BCUT2D eigenvalue weighted by molar-refractivity contribution is 5.80. The first-order valence-electron chi connectivity index (χ1n) is 2.23. The molecule has 0 spiro atoms. The standard InChI is InChI=1S/C5H6F2O2/c1-3(5(6)7)2-4(8)9/h2,5H,1H3,(H,8,9). The molecule has 0 rings (SSSR count). The Balaban J connectivity index is 4.00. The molecule has 0 saturated carbocycles. The van der Waals surface area contributed by atoms with Gasteiger partial charge in [0.25, 0.3) is 6.43 Å². The van der Waals surface area contributed by atoms with E-state index in [4.69, 9.17) is 5.11 Å². The predicted octanol–water partition coefficient (Wildman–Crippen LogP) is 1.28. The Hall–Kier alpha value is -0.930. The molecular weight excluding hydrogens is 130 g/mol. The van der Waals surface area contributed by atoms with E-state index in [0.717, 1.165) is 6.92 Å². The lowest BCUT2D eigenvalue weighted by Gasteiger charge is -1.93. The van der Waals surface area contributed by atoms with E-state index in [1.807, 2.05) is 0 Å². The van der Waals surface area contributed by atoms with E-state index >= 15 is 0 Å². The van der Waals surface area contributed by atoms with Crippen molar-refractivity contribution in [3.05, 3.63) is 11.6 Å². The molecule has 0 heterocycles. The van der Waals surface area contributed by atoms with Crippen molar-refractivity contribution in [2.24, 2.45) is 0 Å². The molecular formula is C5H6F2O2. The fourth-order valence-corrected chi connectivity index (χ4v) is 0.258. The van der Waals surface area contributed by atoms with Crippen LogP contribution in [-0.2, 0) is 4.79 Å². The molecule has 0 unspecified atom stereocenters. The number of hydrogen-bond acceptors (Lipinski definition) is 1. The minimum atomic E-state index is -2.67. The molecule has 0 bridgehead atoms. The molecule has 0 fully saturated rings. The van der Waals surface area contributed by atoms with Gasteiger partial charge in [0, 0.05) is 6.08 Å². The second-order valence-corrected chi connectivity index (χ2v) is 1.53. The third-order valence-corrected chi connectivity index (χ3v) is 0.695. The number of carboxylic acid groups (broad SMARTS) is 1. The Morgan fingerprint density at radius 3 is 2.22 bits per heavy atom. The number of hydrogen-bond donors (Lipinski definition) is 1. The summed E-state index contributed by atoms with van der Waals surface area (Å²) < 4.78 is 22.9. The van der Waals surface area contributed by atoms with Gasteiger partial charge in [-0.3, -0.25) is 0 Å². The summed E-state index contributed by atoms with van der Waals surface area (Å²) >= 11 is 0. The van der Waals surface area contributed by atoms with Gasteiger partial charge in [-0.15, -0.1) is 0 Å². The third-order valence-electron chi connectivity index (χ3n) is 0.695. The normalized spacial score (nSPS) is 12.2. The van der Waals surface area contributed by atoms with Crippen LogP contribution < -0.4 is 0 Å². The van der Waals surface area contributed by atoms with Gasteiger partial charge in [-0.05, 0) is 12.5 Å². The fourth-order valence-electron chi connectivity index (χ4n) is 0.258. The molecule has 0 amide bonds. The number of aliphatic carboxylic acids is 1. The second-order valence-electron chi connectivity index (χ2n) is 1.53. The van der Waals surface area contributed by atoms with E-state index in [2.05, 4.69) is 0 Å². The summed E-state index contributed by atoms with van der Waals surface area (Å²) in [5.74, 6) is -1.34. The van der Waals surface area contributed by atoms with E-state index in [0.29, 0.717) is 6.08 Å². The lowest BCUT2D eigenvalue weighted by molar-refractivity contribution is -0.131. The van der Waals surface area contributed by atoms with E-state index in [1.165, 1.54) is 0 Å². The molecule has 0 atom stereocenters. The molecule has 0 aliphatic rings. The number of carboxylic acids is 1. The number of alkyl halides is 2. The van der Waals surface area contributed by atoms with Crippen molar-refractivity contribution in [1.82, 2.24) is 0 Å². The molecule has 9 heavy (non-hydrogen) atoms. The monoisotopic (exact) mass is 136 g/mol. The topological polar surface area (TPSA) is 37.3 Å². The van der Waals surface area contributed by atoms with E-state index < -0.39 is 18.0 Å². The Kier molecular flexibility index (Phi) is 2.84. The van der Waals surface area contributed by atoms with Gasteiger partial charge < -0.3 is 5.11 Å². The van der Waals surface area contributed by atoms with Crippen LogP contribution in [0.25, 0.3) is 0 Å². The molecule has 1 N–H and O–H groups in total. The summed E-state index contributed by atoms with van der Waals surface area (Å²) in [6.07, 6.45) is -2.17. The molecule has 52 valence electrons. The molecule has 4 heteroatoms. The second kappa shape index (κ2) is 3.17. The van der Waals surface area contributed by atoms with Crippen molar-refractivity contribution in [3.63, 3.8) is 0 Å². The zero-order valence-electron chi connectivity index (χ0n) is 4.77. The highest BCUT2D eigenvalue weighted by atomic mass is 19.3. The summed E-state index contributed by atoms with van der Waals surface area (Å²) in [5, 5.41) is 7.92. The van der Waals surface area contributed by atoms with Crippen molar-refractivity contribution < 1.29 is 18.7 Å². The molecule has 0 saturated heterocycles. The van der Waals surface area contributed by atoms with Gasteiger partial charge in [0.05, 0.1) is 0 Å². The molecule has 0 aliphatic heterocycles. The predicted molar refractivity (Wildman–Crippen MR) is 27.4 cm³/mol. The first kappa shape index (κ1) is 8.07. The van der Waals surface area contributed by atoms with Crippen molar-refractivity contribution in [3.8, 4) is 0 Å². The van der Waals surface area contributed by atoms with Gasteiger partial charge >= 0.3 is 5.97 Å². The van der Waals surface area contributed by atoms with Crippen molar-refractivity contribution >= 4 is 5.97 Å². The zero-order chi connectivity index (χ0) is 7.44. The number of carbonyl (C=O) groups is 1. The Morgan fingerprint density at radius 2 is 2.11 bits per heavy atom. The van der Waals surface area contributed by atoms with Gasteiger partial charge in [-0.2, -0.15) is 0 Å². The van der Waals surface area contributed by atoms with E-state index in [9.17, 15) is 13.6 Å². The summed E-state index contributed by atoms with van der Waals surface area (Å²) in [5.41, 5.74) is -0.428.